The maximum Gasteiger partial charge on any atom is 0.227 e. The van der Waals surface area contributed by atoms with Crippen molar-refractivity contribution in [2.24, 2.45) is 5.92 Å². The van der Waals surface area contributed by atoms with Crippen molar-refractivity contribution in [2.45, 2.75) is 44.1 Å². The van der Waals surface area contributed by atoms with Crippen LogP contribution in [0, 0.1) is 12.8 Å². The fourth-order valence-corrected chi connectivity index (χ4v) is 4.76. The summed E-state index contributed by atoms with van der Waals surface area (Å²) in [6.45, 7) is 8.60. The van der Waals surface area contributed by atoms with Gasteiger partial charge in [0.15, 0.2) is 10.8 Å². The molecule has 4 rings (SSSR count). The van der Waals surface area contributed by atoms with E-state index in [1.807, 2.05) is 31.2 Å². The molecule has 3 heterocycles. The highest BCUT2D eigenvalue weighted by molar-refractivity contribution is 7.99. The first-order valence-electron chi connectivity index (χ1n) is 12.1. The maximum atomic E-state index is 12.8. The Balaban J connectivity index is 1.39. The number of aryl methyl sites for hydroxylation is 1. The summed E-state index contributed by atoms with van der Waals surface area (Å²) in [4.78, 5) is 36.4. The van der Waals surface area contributed by atoms with Gasteiger partial charge in [-0.25, -0.2) is 14.6 Å². The second-order valence-electron chi connectivity index (χ2n) is 9.08. The van der Waals surface area contributed by atoms with Gasteiger partial charge in [-0.15, -0.1) is 0 Å². The zero-order valence-electron chi connectivity index (χ0n) is 21.2. The predicted molar refractivity (Wildman–Crippen MR) is 141 cm³/mol. The summed E-state index contributed by atoms with van der Waals surface area (Å²) < 4.78 is 6.92. The number of amides is 2. The summed E-state index contributed by atoms with van der Waals surface area (Å²) in [5.74, 6) is 0.191. The van der Waals surface area contributed by atoms with Crippen molar-refractivity contribution < 1.29 is 14.3 Å². The van der Waals surface area contributed by atoms with Gasteiger partial charge in [-0.05, 0) is 19.1 Å². The number of anilines is 2. The molecule has 0 spiro atoms. The molecule has 0 aliphatic carbocycles. The van der Waals surface area contributed by atoms with Crippen molar-refractivity contribution in [3.63, 3.8) is 0 Å². The Labute approximate surface area is 215 Å². The van der Waals surface area contributed by atoms with Gasteiger partial charge in [0.05, 0.1) is 30.7 Å². The van der Waals surface area contributed by atoms with Crippen molar-refractivity contribution in [1.82, 2.24) is 25.1 Å². The van der Waals surface area contributed by atoms with Crippen LogP contribution >= 0.6 is 11.8 Å². The number of carbonyl (C=O) groups is 2. The van der Waals surface area contributed by atoms with Crippen LogP contribution in [-0.4, -0.2) is 70.2 Å². The predicted octanol–water partition coefficient (Wildman–Crippen LogP) is 2.86. The van der Waals surface area contributed by atoms with E-state index in [1.165, 1.54) is 0 Å². The number of nitrogens with zero attached hydrogens (tertiary/aromatic N) is 5. The fraction of sp³-hybridized carbons (Fsp3) is 0.480. The van der Waals surface area contributed by atoms with Crippen molar-refractivity contribution in [2.75, 3.05) is 43.6 Å². The number of fused-ring (bicyclic) bond motifs is 1. The highest BCUT2D eigenvalue weighted by atomic mass is 32.2. The van der Waals surface area contributed by atoms with Crippen LogP contribution in [0.1, 0.15) is 25.8 Å². The minimum Gasteiger partial charge on any atom is -0.383 e. The molecule has 2 N–H and O–H groups in total. The molecule has 1 aliphatic heterocycles. The number of hydrogen-bond donors (Lipinski definition) is 2. The normalized spacial score (nSPS) is 15.8. The number of rotatable bonds is 11. The van der Waals surface area contributed by atoms with E-state index in [2.05, 4.69) is 34.6 Å². The standard InChI is InChI=1S/C25H33N7O3S/c1-16(2)36-25-29-22(26-10-12-35-4)20-14-28-32(23(20)30-25)11-9-27-24(34)18-13-21(33)31(15-18)19-7-5-17(3)6-8-19/h5-8,14,16,18H,9-13,15H2,1-4H3,(H,27,34)(H,26,29,30). The number of benzene rings is 1. The summed E-state index contributed by atoms with van der Waals surface area (Å²) in [6, 6.07) is 7.78. The molecule has 1 aliphatic rings. The summed E-state index contributed by atoms with van der Waals surface area (Å²) in [7, 11) is 1.66. The van der Waals surface area contributed by atoms with Crippen LogP contribution in [0.4, 0.5) is 11.5 Å². The van der Waals surface area contributed by atoms with Crippen LogP contribution in [0.3, 0.4) is 0 Å². The van der Waals surface area contributed by atoms with Crippen molar-refractivity contribution in [1.29, 1.82) is 0 Å². The van der Waals surface area contributed by atoms with Crippen LogP contribution in [0.25, 0.3) is 11.0 Å². The Kier molecular flexibility index (Phi) is 8.42. The molecule has 1 aromatic carbocycles. The second-order valence-corrected chi connectivity index (χ2v) is 10.6. The molecule has 0 radical (unpaired) electrons. The highest BCUT2D eigenvalue weighted by Gasteiger charge is 2.35. The van der Waals surface area contributed by atoms with Gasteiger partial charge in [0.25, 0.3) is 0 Å². The van der Waals surface area contributed by atoms with E-state index >= 15 is 0 Å². The van der Waals surface area contributed by atoms with Gasteiger partial charge in [-0.3, -0.25) is 9.59 Å². The molecule has 0 saturated carbocycles. The minimum atomic E-state index is -0.374. The smallest absolute Gasteiger partial charge is 0.227 e. The lowest BCUT2D eigenvalue weighted by atomic mass is 10.1. The molecule has 0 bridgehead atoms. The number of thioether (sulfide) groups is 1. The zero-order valence-corrected chi connectivity index (χ0v) is 22.0. The molecule has 192 valence electrons. The van der Waals surface area contributed by atoms with Gasteiger partial charge in [0.1, 0.15) is 5.82 Å². The molecule has 11 heteroatoms. The van der Waals surface area contributed by atoms with Gasteiger partial charge in [0.2, 0.25) is 11.8 Å². The van der Waals surface area contributed by atoms with Crippen LogP contribution in [0.5, 0.6) is 0 Å². The van der Waals surface area contributed by atoms with Gasteiger partial charge < -0.3 is 20.3 Å². The Morgan fingerprint density at radius 1 is 1.22 bits per heavy atom. The Morgan fingerprint density at radius 3 is 2.72 bits per heavy atom. The largest absolute Gasteiger partial charge is 0.383 e. The number of methoxy groups -OCH3 is 1. The van der Waals surface area contributed by atoms with E-state index in [9.17, 15) is 9.59 Å². The summed E-state index contributed by atoms with van der Waals surface area (Å²) >= 11 is 1.58. The lowest BCUT2D eigenvalue weighted by molar-refractivity contribution is -0.126. The average Bonchev–Trinajstić information content (AvgIpc) is 3.43. The van der Waals surface area contributed by atoms with Gasteiger partial charge in [0, 0.05) is 44.1 Å². The third kappa shape index (κ3) is 6.14. The third-order valence-electron chi connectivity index (χ3n) is 5.88. The molecule has 1 fully saturated rings. The second kappa shape index (κ2) is 11.7. The molecule has 2 amide bonds. The molecule has 1 saturated heterocycles. The first kappa shape index (κ1) is 25.9. The van der Waals surface area contributed by atoms with Gasteiger partial charge in [-0.2, -0.15) is 5.10 Å². The Morgan fingerprint density at radius 2 is 2.00 bits per heavy atom. The summed E-state index contributed by atoms with van der Waals surface area (Å²) in [5, 5.41) is 12.6. The lowest BCUT2D eigenvalue weighted by Crippen LogP contribution is -2.35. The molecule has 3 aromatic rings. The third-order valence-corrected chi connectivity index (χ3v) is 6.74. The van der Waals surface area contributed by atoms with Crippen LogP contribution < -0.4 is 15.5 Å². The number of ether oxygens (including phenoxy) is 1. The van der Waals surface area contributed by atoms with Crippen molar-refractivity contribution in [3.05, 3.63) is 36.0 Å². The number of aromatic nitrogens is 4. The molecule has 10 nitrogen and oxygen atoms in total. The monoisotopic (exact) mass is 511 g/mol. The molecular formula is C25H33N7O3S. The fourth-order valence-electron chi connectivity index (χ4n) is 4.06. The van der Waals surface area contributed by atoms with E-state index < -0.39 is 0 Å². The van der Waals surface area contributed by atoms with Crippen LogP contribution in [0.2, 0.25) is 0 Å². The van der Waals surface area contributed by atoms with E-state index in [0.717, 1.165) is 22.5 Å². The SMILES string of the molecule is COCCNc1nc(SC(C)C)nc2c1cnn2CCNC(=O)C1CC(=O)N(c2ccc(C)cc2)C1. The molecular weight excluding hydrogens is 478 g/mol. The highest BCUT2D eigenvalue weighted by Crippen LogP contribution is 2.27. The first-order valence-corrected chi connectivity index (χ1v) is 13.0. The molecule has 2 aromatic heterocycles. The van der Waals surface area contributed by atoms with Gasteiger partial charge in [-0.1, -0.05) is 43.3 Å². The summed E-state index contributed by atoms with van der Waals surface area (Å²) in [5.41, 5.74) is 2.67. The number of hydrogen-bond acceptors (Lipinski definition) is 8. The zero-order chi connectivity index (χ0) is 25.7. The Bertz CT molecular complexity index is 1210. The maximum absolute atomic E-state index is 12.8. The first-order chi connectivity index (χ1) is 17.4. The van der Waals surface area contributed by atoms with E-state index in [-0.39, 0.29) is 24.2 Å². The summed E-state index contributed by atoms with van der Waals surface area (Å²) in [6.07, 6.45) is 1.95. The van der Waals surface area contributed by atoms with Crippen molar-refractivity contribution in [3.8, 4) is 0 Å². The van der Waals surface area contributed by atoms with Crippen LogP contribution in [-0.2, 0) is 20.9 Å². The van der Waals surface area contributed by atoms with Gasteiger partial charge >= 0.3 is 0 Å². The Hall–Kier alpha value is -3.18. The van der Waals surface area contributed by atoms with E-state index in [4.69, 9.17) is 9.72 Å². The molecule has 1 unspecified atom stereocenters. The van der Waals surface area contributed by atoms with E-state index in [0.29, 0.717) is 48.8 Å². The van der Waals surface area contributed by atoms with E-state index in [1.54, 1.807) is 34.7 Å². The average molecular weight is 512 g/mol. The van der Waals surface area contributed by atoms with Crippen molar-refractivity contribution >= 4 is 46.1 Å². The number of carbonyl (C=O) groups excluding carboxylic acids is 2. The molecule has 1 atom stereocenters. The lowest BCUT2D eigenvalue weighted by Gasteiger charge is -2.17. The quantitative estimate of drug-likeness (QED) is 0.230. The topological polar surface area (TPSA) is 114 Å². The molecule has 36 heavy (non-hydrogen) atoms. The van der Waals surface area contributed by atoms with Crippen LogP contribution in [0.15, 0.2) is 35.6 Å². The number of nitrogens with one attached hydrogen (secondary N) is 2. The minimum absolute atomic E-state index is 0.0301.